The van der Waals surface area contributed by atoms with Crippen LogP contribution in [-0.4, -0.2) is 24.5 Å². The number of anilines is 1. The van der Waals surface area contributed by atoms with E-state index in [1.54, 1.807) is 0 Å². The largest absolute Gasteiger partial charge is 0.359 e. The molecule has 2 aromatic rings. The molecule has 2 nitrogen and oxygen atoms in total. The van der Waals surface area contributed by atoms with Crippen molar-refractivity contribution in [2.24, 2.45) is 0 Å². The maximum Gasteiger partial charge on any atom is 0.0381 e. The SMILES string of the molecule is C1=C(Nc2ccccc2)CCN(CCc2ccccc2)C1. The molecule has 0 bridgehead atoms. The third kappa shape index (κ3) is 4.20. The monoisotopic (exact) mass is 278 g/mol. The first-order chi connectivity index (χ1) is 10.4. The molecule has 0 amide bonds. The van der Waals surface area contributed by atoms with Crippen LogP contribution >= 0.6 is 0 Å². The molecule has 1 heterocycles. The smallest absolute Gasteiger partial charge is 0.0381 e. The van der Waals surface area contributed by atoms with Gasteiger partial charge in [-0.25, -0.2) is 0 Å². The second-order valence-electron chi connectivity index (χ2n) is 5.51. The lowest BCUT2D eigenvalue weighted by molar-refractivity contribution is 0.298. The Hall–Kier alpha value is -2.06. The van der Waals surface area contributed by atoms with Gasteiger partial charge >= 0.3 is 0 Å². The van der Waals surface area contributed by atoms with Crippen molar-refractivity contribution in [3.63, 3.8) is 0 Å². The molecule has 0 aliphatic carbocycles. The molecule has 1 N–H and O–H groups in total. The number of nitrogens with zero attached hydrogens (tertiary/aromatic N) is 1. The first kappa shape index (κ1) is 13.9. The van der Waals surface area contributed by atoms with Crippen molar-refractivity contribution < 1.29 is 0 Å². The normalized spacial score (nSPS) is 15.5. The highest BCUT2D eigenvalue weighted by molar-refractivity contribution is 5.48. The first-order valence-corrected chi connectivity index (χ1v) is 7.67. The van der Waals surface area contributed by atoms with Gasteiger partial charge in [0.2, 0.25) is 0 Å². The summed E-state index contributed by atoms with van der Waals surface area (Å²) in [5, 5.41) is 3.51. The molecule has 0 aromatic heterocycles. The summed E-state index contributed by atoms with van der Waals surface area (Å²) in [5.74, 6) is 0. The van der Waals surface area contributed by atoms with Crippen molar-refractivity contribution in [3.8, 4) is 0 Å². The van der Waals surface area contributed by atoms with Gasteiger partial charge in [-0.3, -0.25) is 4.90 Å². The summed E-state index contributed by atoms with van der Waals surface area (Å²) < 4.78 is 0. The molecular formula is C19H22N2. The van der Waals surface area contributed by atoms with Gasteiger partial charge in [-0.05, 0) is 30.5 Å². The lowest BCUT2D eigenvalue weighted by Crippen LogP contribution is -2.31. The molecular weight excluding hydrogens is 256 g/mol. The number of rotatable bonds is 5. The summed E-state index contributed by atoms with van der Waals surface area (Å²) in [6.45, 7) is 3.32. The van der Waals surface area contributed by atoms with Gasteiger partial charge in [0.05, 0.1) is 0 Å². The average Bonchev–Trinajstić information content (AvgIpc) is 2.56. The summed E-state index contributed by atoms with van der Waals surface area (Å²) in [4.78, 5) is 2.52. The molecule has 21 heavy (non-hydrogen) atoms. The minimum atomic E-state index is 1.04. The highest BCUT2D eigenvalue weighted by Gasteiger charge is 2.11. The maximum absolute atomic E-state index is 3.51. The van der Waals surface area contributed by atoms with Gasteiger partial charge < -0.3 is 5.32 Å². The topological polar surface area (TPSA) is 15.3 Å². The number of nitrogens with one attached hydrogen (secondary N) is 1. The van der Waals surface area contributed by atoms with Crippen molar-refractivity contribution in [1.82, 2.24) is 4.90 Å². The fourth-order valence-corrected chi connectivity index (χ4v) is 2.67. The second kappa shape index (κ2) is 7.09. The fourth-order valence-electron chi connectivity index (χ4n) is 2.67. The molecule has 2 heteroatoms. The van der Waals surface area contributed by atoms with Crippen LogP contribution in [0.15, 0.2) is 72.4 Å². The van der Waals surface area contributed by atoms with Gasteiger partial charge in [-0.15, -0.1) is 0 Å². The number of hydrogen-bond acceptors (Lipinski definition) is 2. The summed E-state index contributed by atoms with van der Waals surface area (Å²) in [6.07, 6.45) is 4.56. The van der Waals surface area contributed by atoms with E-state index in [1.807, 2.05) is 6.07 Å². The summed E-state index contributed by atoms with van der Waals surface area (Å²) in [5.41, 5.74) is 3.95. The molecule has 0 unspecified atom stereocenters. The van der Waals surface area contributed by atoms with Crippen LogP contribution in [-0.2, 0) is 6.42 Å². The lowest BCUT2D eigenvalue weighted by atomic mass is 10.1. The van der Waals surface area contributed by atoms with Gasteiger partial charge in [0, 0.05) is 31.0 Å². The second-order valence-corrected chi connectivity index (χ2v) is 5.51. The molecule has 0 saturated carbocycles. The van der Waals surface area contributed by atoms with E-state index in [0.717, 1.165) is 32.5 Å². The summed E-state index contributed by atoms with van der Waals surface area (Å²) in [6, 6.07) is 21.1. The van der Waals surface area contributed by atoms with E-state index in [0.29, 0.717) is 0 Å². The Balaban J connectivity index is 1.48. The maximum atomic E-state index is 3.51. The molecule has 0 saturated heterocycles. The van der Waals surface area contributed by atoms with Crippen LogP contribution in [0.5, 0.6) is 0 Å². The molecule has 0 atom stereocenters. The Kier molecular flexibility index (Phi) is 4.70. The predicted molar refractivity (Wildman–Crippen MR) is 89.4 cm³/mol. The zero-order valence-corrected chi connectivity index (χ0v) is 12.3. The number of para-hydroxylation sites is 1. The molecule has 2 aromatic carbocycles. The molecule has 3 rings (SSSR count). The zero-order valence-electron chi connectivity index (χ0n) is 12.3. The third-order valence-corrected chi connectivity index (χ3v) is 3.93. The molecule has 0 radical (unpaired) electrons. The molecule has 0 fully saturated rings. The minimum absolute atomic E-state index is 1.04. The van der Waals surface area contributed by atoms with Crippen LogP contribution in [0.3, 0.4) is 0 Å². The summed E-state index contributed by atoms with van der Waals surface area (Å²) >= 11 is 0. The van der Waals surface area contributed by atoms with E-state index in [4.69, 9.17) is 0 Å². The molecule has 1 aliphatic heterocycles. The van der Waals surface area contributed by atoms with Crippen molar-refractivity contribution >= 4 is 5.69 Å². The van der Waals surface area contributed by atoms with Crippen molar-refractivity contribution in [1.29, 1.82) is 0 Å². The highest BCUT2D eigenvalue weighted by Crippen LogP contribution is 2.15. The Morgan fingerprint density at radius 3 is 2.29 bits per heavy atom. The van der Waals surface area contributed by atoms with Crippen molar-refractivity contribution in [2.45, 2.75) is 12.8 Å². The van der Waals surface area contributed by atoms with Crippen LogP contribution in [0, 0.1) is 0 Å². The lowest BCUT2D eigenvalue weighted by Gasteiger charge is -2.26. The number of benzene rings is 2. The molecule has 0 spiro atoms. The van der Waals surface area contributed by atoms with E-state index < -0.39 is 0 Å². The molecule has 108 valence electrons. The third-order valence-electron chi connectivity index (χ3n) is 3.93. The van der Waals surface area contributed by atoms with Crippen LogP contribution in [0.25, 0.3) is 0 Å². The Morgan fingerprint density at radius 2 is 1.62 bits per heavy atom. The Morgan fingerprint density at radius 1 is 0.905 bits per heavy atom. The van der Waals surface area contributed by atoms with Crippen LogP contribution in [0.4, 0.5) is 5.69 Å². The average molecular weight is 278 g/mol. The van der Waals surface area contributed by atoms with E-state index >= 15 is 0 Å². The van der Waals surface area contributed by atoms with E-state index in [1.165, 1.54) is 16.9 Å². The van der Waals surface area contributed by atoms with Gasteiger partial charge in [0.15, 0.2) is 0 Å². The van der Waals surface area contributed by atoms with Crippen molar-refractivity contribution in [3.05, 3.63) is 78.0 Å². The van der Waals surface area contributed by atoms with Crippen LogP contribution < -0.4 is 5.32 Å². The minimum Gasteiger partial charge on any atom is -0.359 e. The summed E-state index contributed by atoms with van der Waals surface area (Å²) in [7, 11) is 0. The quantitative estimate of drug-likeness (QED) is 0.891. The van der Waals surface area contributed by atoms with Gasteiger partial charge in [-0.1, -0.05) is 54.6 Å². The van der Waals surface area contributed by atoms with Gasteiger partial charge in [-0.2, -0.15) is 0 Å². The molecule has 1 aliphatic rings. The van der Waals surface area contributed by atoms with E-state index in [2.05, 4.69) is 70.9 Å². The van der Waals surface area contributed by atoms with E-state index in [9.17, 15) is 0 Å². The van der Waals surface area contributed by atoms with E-state index in [-0.39, 0.29) is 0 Å². The van der Waals surface area contributed by atoms with Gasteiger partial charge in [0.1, 0.15) is 0 Å². The Bertz CT molecular complexity index is 575. The van der Waals surface area contributed by atoms with Crippen LogP contribution in [0.1, 0.15) is 12.0 Å². The Labute approximate surface area is 127 Å². The highest BCUT2D eigenvalue weighted by atomic mass is 15.1. The zero-order chi connectivity index (χ0) is 14.3. The fraction of sp³-hybridized carbons (Fsp3) is 0.263. The predicted octanol–water partition coefficient (Wildman–Crippen LogP) is 3.93. The van der Waals surface area contributed by atoms with Crippen LogP contribution in [0.2, 0.25) is 0 Å². The van der Waals surface area contributed by atoms with Crippen molar-refractivity contribution in [2.75, 3.05) is 25.0 Å². The van der Waals surface area contributed by atoms with Gasteiger partial charge in [0.25, 0.3) is 0 Å². The number of hydrogen-bond donors (Lipinski definition) is 1. The first-order valence-electron chi connectivity index (χ1n) is 7.67. The standard InChI is InChI=1S/C19H22N2/c1-3-7-17(8-4-1)11-14-21-15-12-19(13-16-21)20-18-9-5-2-6-10-18/h1-10,12,20H,11,13-16H2.